The lowest BCUT2D eigenvalue weighted by molar-refractivity contribution is -0.385. The fraction of sp³-hybridized carbons (Fsp3) is 0.0714. The molecule has 0 aliphatic heterocycles. The average Bonchev–Trinajstić information content (AvgIpc) is 2.52. The van der Waals surface area contributed by atoms with Gasteiger partial charge in [0.15, 0.2) is 0 Å². The number of nitro benzene ring substituents is 2. The van der Waals surface area contributed by atoms with E-state index in [1.54, 1.807) is 0 Å². The number of nitrogens with zero attached hydrogens (tertiary/aromatic N) is 3. The molecule has 8 heteroatoms. The van der Waals surface area contributed by atoms with E-state index in [9.17, 15) is 20.2 Å². The van der Waals surface area contributed by atoms with Crippen LogP contribution in [0, 0.1) is 31.6 Å². The minimum absolute atomic E-state index is 0.0307. The third-order valence-electron chi connectivity index (χ3n) is 2.84. The molecule has 0 saturated heterocycles. The van der Waals surface area contributed by atoms with Gasteiger partial charge in [0, 0.05) is 24.3 Å². The molecule has 0 saturated carbocycles. The van der Waals surface area contributed by atoms with E-state index in [-0.39, 0.29) is 29.3 Å². The summed E-state index contributed by atoms with van der Waals surface area (Å²) >= 11 is 0. The van der Waals surface area contributed by atoms with Gasteiger partial charge in [-0.25, -0.2) is 0 Å². The average molecular weight is 299 g/mol. The molecule has 0 aliphatic rings. The molecule has 0 spiro atoms. The summed E-state index contributed by atoms with van der Waals surface area (Å²) in [6.45, 7) is 0.0878. The summed E-state index contributed by atoms with van der Waals surface area (Å²) in [5.41, 5.74) is 0.500. The number of rotatable bonds is 5. The summed E-state index contributed by atoms with van der Waals surface area (Å²) in [7, 11) is 0. The molecule has 0 aliphatic carbocycles. The molecule has 2 aromatic carbocycles. The molecular formula is C14H9N3O5. The Labute approximate surface area is 124 Å². The Balaban J connectivity index is 2.13. The topological polar surface area (TPSA) is 119 Å². The second kappa shape index (κ2) is 6.32. The fourth-order valence-corrected chi connectivity index (χ4v) is 1.72. The monoisotopic (exact) mass is 299 g/mol. The highest BCUT2D eigenvalue weighted by Crippen LogP contribution is 2.24. The molecule has 0 N–H and O–H groups in total. The zero-order valence-electron chi connectivity index (χ0n) is 11.1. The van der Waals surface area contributed by atoms with Crippen LogP contribution >= 0.6 is 0 Å². The van der Waals surface area contributed by atoms with Gasteiger partial charge in [-0.05, 0) is 23.8 Å². The van der Waals surface area contributed by atoms with Crippen LogP contribution in [0.3, 0.4) is 0 Å². The van der Waals surface area contributed by atoms with Crippen molar-refractivity contribution in [3.63, 3.8) is 0 Å². The van der Waals surface area contributed by atoms with Gasteiger partial charge in [-0.3, -0.25) is 20.2 Å². The summed E-state index contributed by atoms with van der Waals surface area (Å²) in [6.07, 6.45) is 0. The first kappa shape index (κ1) is 14.9. The summed E-state index contributed by atoms with van der Waals surface area (Å²) in [5, 5.41) is 30.2. The zero-order valence-corrected chi connectivity index (χ0v) is 11.1. The number of non-ortho nitro benzene ring substituents is 2. The van der Waals surface area contributed by atoms with E-state index in [4.69, 9.17) is 10.00 Å². The van der Waals surface area contributed by atoms with E-state index in [1.165, 1.54) is 36.4 Å². The lowest BCUT2D eigenvalue weighted by atomic mass is 10.2. The predicted molar refractivity (Wildman–Crippen MR) is 75.2 cm³/mol. The van der Waals surface area contributed by atoms with Crippen molar-refractivity contribution < 1.29 is 14.6 Å². The normalized spacial score (nSPS) is 9.77. The van der Waals surface area contributed by atoms with Crippen LogP contribution in [-0.2, 0) is 6.61 Å². The first-order valence-electron chi connectivity index (χ1n) is 6.06. The third kappa shape index (κ3) is 3.34. The van der Waals surface area contributed by atoms with E-state index in [2.05, 4.69) is 0 Å². The summed E-state index contributed by atoms with van der Waals surface area (Å²) in [4.78, 5) is 20.1. The molecule has 0 amide bonds. The lowest BCUT2D eigenvalue weighted by Crippen LogP contribution is -1.98. The van der Waals surface area contributed by atoms with Crippen molar-refractivity contribution in [2.24, 2.45) is 0 Å². The molecule has 0 unspecified atom stereocenters. The second-order valence-electron chi connectivity index (χ2n) is 4.26. The lowest BCUT2D eigenvalue weighted by Gasteiger charge is -2.07. The predicted octanol–water partition coefficient (Wildman–Crippen LogP) is 2.95. The SMILES string of the molecule is N#Cc1cc([N+](=O)[O-])ccc1OCc1ccc([N+](=O)[O-])cc1. The molecule has 0 atom stereocenters. The standard InChI is InChI=1S/C14H9N3O5/c15-8-11-7-13(17(20)21)5-6-14(11)22-9-10-1-3-12(4-2-10)16(18)19/h1-7H,9H2. The Bertz CT molecular complexity index is 765. The van der Waals surface area contributed by atoms with E-state index in [0.29, 0.717) is 5.56 Å². The molecule has 0 bridgehead atoms. The number of benzene rings is 2. The van der Waals surface area contributed by atoms with Gasteiger partial charge in [-0.1, -0.05) is 0 Å². The quantitative estimate of drug-likeness (QED) is 0.618. The van der Waals surface area contributed by atoms with Crippen LogP contribution in [0.25, 0.3) is 0 Å². The van der Waals surface area contributed by atoms with Crippen LogP contribution in [-0.4, -0.2) is 9.85 Å². The Morgan fingerprint density at radius 1 is 1.00 bits per heavy atom. The Morgan fingerprint density at radius 2 is 1.59 bits per heavy atom. The summed E-state index contributed by atoms with van der Waals surface area (Å²) in [5.74, 6) is 0.214. The molecule has 0 radical (unpaired) electrons. The number of ether oxygens (including phenoxy) is 1. The van der Waals surface area contributed by atoms with Gasteiger partial charge in [0.05, 0.1) is 9.85 Å². The van der Waals surface area contributed by atoms with Crippen LogP contribution in [0.2, 0.25) is 0 Å². The molecule has 8 nitrogen and oxygen atoms in total. The van der Waals surface area contributed by atoms with Crippen LogP contribution in [0.5, 0.6) is 5.75 Å². The van der Waals surface area contributed by atoms with Crippen molar-refractivity contribution in [3.05, 3.63) is 73.8 Å². The van der Waals surface area contributed by atoms with Crippen LogP contribution < -0.4 is 4.74 Å². The maximum atomic E-state index is 10.6. The fourth-order valence-electron chi connectivity index (χ4n) is 1.72. The molecule has 0 fully saturated rings. The van der Waals surface area contributed by atoms with Gasteiger partial charge in [0.1, 0.15) is 24.0 Å². The van der Waals surface area contributed by atoms with E-state index >= 15 is 0 Å². The van der Waals surface area contributed by atoms with Crippen molar-refractivity contribution in [2.45, 2.75) is 6.61 Å². The Kier molecular flexibility index (Phi) is 4.29. The first-order chi connectivity index (χ1) is 10.5. The molecule has 2 rings (SSSR count). The van der Waals surface area contributed by atoms with Gasteiger partial charge < -0.3 is 4.74 Å². The van der Waals surface area contributed by atoms with Crippen molar-refractivity contribution in [2.75, 3.05) is 0 Å². The highest BCUT2D eigenvalue weighted by Gasteiger charge is 2.12. The van der Waals surface area contributed by atoms with E-state index in [1.807, 2.05) is 6.07 Å². The van der Waals surface area contributed by atoms with Crippen molar-refractivity contribution in [1.29, 1.82) is 5.26 Å². The summed E-state index contributed by atoms with van der Waals surface area (Å²) in [6, 6.07) is 11.3. The summed E-state index contributed by atoms with van der Waals surface area (Å²) < 4.78 is 5.43. The van der Waals surface area contributed by atoms with Gasteiger partial charge in [0.25, 0.3) is 11.4 Å². The second-order valence-corrected chi connectivity index (χ2v) is 4.26. The first-order valence-corrected chi connectivity index (χ1v) is 6.06. The third-order valence-corrected chi connectivity index (χ3v) is 2.84. The zero-order chi connectivity index (χ0) is 16.1. The van der Waals surface area contributed by atoms with Crippen LogP contribution in [0.1, 0.15) is 11.1 Å². The minimum atomic E-state index is -0.596. The molecule has 22 heavy (non-hydrogen) atoms. The maximum Gasteiger partial charge on any atom is 0.271 e. The Hall–Kier alpha value is -3.47. The maximum absolute atomic E-state index is 10.6. The highest BCUT2D eigenvalue weighted by atomic mass is 16.6. The molecular weight excluding hydrogens is 290 g/mol. The van der Waals surface area contributed by atoms with E-state index < -0.39 is 9.85 Å². The van der Waals surface area contributed by atoms with Gasteiger partial charge in [-0.2, -0.15) is 5.26 Å². The van der Waals surface area contributed by atoms with Gasteiger partial charge in [-0.15, -0.1) is 0 Å². The molecule has 0 aromatic heterocycles. The number of nitro groups is 2. The van der Waals surface area contributed by atoms with Gasteiger partial charge >= 0.3 is 0 Å². The van der Waals surface area contributed by atoms with Crippen molar-refractivity contribution >= 4 is 11.4 Å². The molecule has 2 aromatic rings. The smallest absolute Gasteiger partial charge is 0.271 e. The molecule has 110 valence electrons. The van der Waals surface area contributed by atoms with Crippen LogP contribution in [0.15, 0.2) is 42.5 Å². The largest absolute Gasteiger partial charge is 0.488 e. The van der Waals surface area contributed by atoms with Crippen molar-refractivity contribution in [1.82, 2.24) is 0 Å². The number of hydrogen-bond donors (Lipinski definition) is 0. The molecule has 0 heterocycles. The highest BCUT2D eigenvalue weighted by molar-refractivity contribution is 5.50. The Morgan fingerprint density at radius 3 is 2.14 bits per heavy atom. The van der Waals surface area contributed by atoms with E-state index in [0.717, 1.165) is 6.07 Å². The van der Waals surface area contributed by atoms with Crippen LogP contribution in [0.4, 0.5) is 11.4 Å². The number of hydrogen-bond acceptors (Lipinski definition) is 6. The minimum Gasteiger partial charge on any atom is -0.488 e. The number of nitriles is 1. The van der Waals surface area contributed by atoms with Gasteiger partial charge in [0.2, 0.25) is 0 Å². The van der Waals surface area contributed by atoms with Crippen molar-refractivity contribution in [3.8, 4) is 11.8 Å².